The Kier molecular flexibility index (Phi) is 4.22. The number of benzene rings is 1. The molecule has 1 heterocycles. The molecule has 0 radical (unpaired) electrons. The highest BCUT2D eigenvalue weighted by molar-refractivity contribution is 5.95. The first-order valence-electron chi connectivity index (χ1n) is 6.15. The van der Waals surface area contributed by atoms with Crippen molar-refractivity contribution < 1.29 is 14.1 Å². The van der Waals surface area contributed by atoms with Crippen LogP contribution in [0.1, 0.15) is 29.0 Å². The normalized spacial score (nSPS) is 11.7. The number of carbonyl (C=O) groups is 1. The highest BCUT2D eigenvalue weighted by Crippen LogP contribution is 2.19. The van der Waals surface area contributed by atoms with Gasteiger partial charge >= 0.3 is 5.69 Å². The van der Waals surface area contributed by atoms with Gasteiger partial charge in [-0.25, -0.2) is 0 Å². The summed E-state index contributed by atoms with van der Waals surface area (Å²) in [5, 5.41) is 13.3. The van der Waals surface area contributed by atoms with Crippen molar-refractivity contribution in [2.45, 2.75) is 13.0 Å². The molecule has 0 saturated heterocycles. The molecule has 1 unspecified atom stereocenters. The average Bonchev–Trinajstić information content (AvgIpc) is 2.48. The Labute approximate surface area is 119 Å². The van der Waals surface area contributed by atoms with E-state index in [0.717, 1.165) is 12.1 Å². The Hall–Kier alpha value is -2.83. The zero-order valence-corrected chi connectivity index (χ0v) is 11.1. The summed E-state index contributed by atoms with van der Waals surface area (Å²) in [6.45, 7) is 1.73. The molecule has 1 amide bonds. The minimum atomic E-state index is -0.977. The molecule has 6 nitrogen and oxygen atoms in total. The molecule has 2 aromatic rings. The monoisotopic (exact) mass is 289 g/mol. The number of rotatable bonds is 4. The van der Waals surface area contributed by atoms with E-state index in [9.17, 15) is 19.3 Å². The van der Waals surface area contributed by atoms with Crippen LogP contribution in [0.3, 0.4) is 0 Å². The predicted octanol–water partition coefficient (Wildman–Crippen LogP) is 2.62. The van der Waals surface area contributed by atoms with Crippen LogP contribution < -0.4 is 5.32 Å². The summed E-state index contributed by atoms with van der Waals surface area (Å²) in [5.41, 5.74) is -0.0542. The molecule has 1 aromatic carbocycles. The van der Waals surface area contributed by atoms with Crippen molar-refractivity contribution >= 4 is 11.6 Å². The van der Waals surface area contributed by atoms with Gasteiger partial charge < -0.3 is 5.32 Å². The maximum Gasteiger partial charge on any atom is 0.305 e. The standard InChI is InChI=1S/C14H12FN3O3/c1-9(12-4-2-3-7-16-12)17-14(19)10-5-6-11(15)13(8-10)18(20)21/h2-9H,1H3,(H,17,19). The summed E-state index contributed by atoms with van der Waals surface area (Å²) in [5.74, 6) is -1.51. The first-order valence-corrected chi connectivity index (χ1v) is 6.15. The van der Waals surface area contributed by atoms with Gasteiger partial charge in [0.2, 0.25) is 5.82 Å². The Morgan fingerprint density at radius 1 is 1.38 bits per heavy atom. The lowest BCUT2D eigenvalue weighted by Gasteiger charge is -2.13. The summed E-state index contributed by atoms with van der Waals surface area (Å²) in [4.78, 5) is 25.9. The molecule has 7 heteroatoms. The van der Waals surface area contributed by atoms with Crippen molar-refractivity contribution in [1.82, 2.24) is 10.3 Å². The van der Waals surface area contributed by atoms with Gasteiger partial charge in [0, 0.05) is 17.8 Å². The van der Waals surface area contributed by atoms with Crippen LogP contribution in [0, 0.1) is 15.9 Å². The number of nitrogens with one attached hydrogen (secondary N) is 1. The number of hydrogen-bond acceptors (Lipinski definition) is 4. The van der Waals surface area contributed by atoms with Gasteiger partial charge in [-0.1, -0.05) is 6.07 Å². The molecule has 0 spiro atoms. The minimum Gasteiger partial charge on any atom is -0.344 e. The smallest absolute Gasteiger partial charge is 0.305 e. The van der Waals surface area contributed by atoms with Crippen molar-refractivity contribution in [2.24, 2.45) is 0 Å². The first-order chi connectivity index (χ1) is 9.99. The third kappa shape index (κ3) is 3.38. The van der Waals surface area contributed by atoms with Crippen molar-refractivity contribution in [2.75, 3.05) is 0 Å². The zero-order chi connectivity index (χ0) is 15.4. The fourth-order valence-corrected chi connectivity index (χ4v) is 1.78. The Morgan fingerprint density at radius 3 is 2.76 bits per heavy atom. The summed E-state index contributed by atoms with van der Waals surface area (Å²) < 4.78 is 13.2. The molecule has 0 fully saturated rings. The van der Waals surface area contributed by atoms with Gasteiger partial charge in [-0.3, -0.25) is 19.9 Å². The van der Waals surface area contributed by atoms with Crippen molar-refractivity contribution in [3.8, 4) is 0 Å². The number of nitrogens with zero attached hydrogens (tertiary/aromatic N) is 2. The number of halogens is 1. The van der Waals surface area contributed by atoms with E-state index < -0.39 is 22.3 Å². The van der Waals surface area contributed by atoms with Gasteiger partial charge in [0.1, 0.15) is 0 Å². The van der Waals surface area contributed by atoms with E-state index >= 15 is 0 Å². The molecular weight excluding hydrogens is 277 g/mol. The van der Waals surface area contributed by atoms with Crippen LogP contribution in [0.25, 0.3) is 0 Å². The largest absolute Gasteiger partial charge is 0.344 e. The summed E-state index contributed by atoms with van der Waals surface area (Å²) >= 11 is 0. The van der Waals surface area contributed by atoms with Crippen LogP contribution in [-0.2, 0) is 0 Å². The summed E-state index contributed by atoms with van der Waals surface area (Å²) in [6.07, 6.45) is 1.60. The highest BCUT2D eigenvalue weighted by atomic mass is 19.1. The molecular formula is C14H12FN3O3. The fraction of sp³-hybridized carbons (Fsp3) is 0.143. The molecule has 0 aliphatic rings. The second kappa shape index (κ2) is 6.08. The average molecular weight is 289 g/mol. The Balaban J connectivity index is 2.17. The van der Waals surface area contributed by atoms with Gasteiger partial charge in [-0.15, -0.1) is 0 Å². The van der Waals surface area contributed by atoms with E-state index in [1.807, 2.05) is 0 Å². The molecule has 0 aliphatic carbocycles. The van der Waals surface area contributed by atoms with Gasteiger partial charge in [0.05, 0.1) is 16.7 Å². The topological polar surface area (TPSA) is 85.1 Å². The molecule has 1 aromatic heterocycles. The third-order valence-electron chi connectivity index (χ3n) is 2.88. The second-order valence-corrected chi connectivity index (χ2v) is 4.37. The Bertz CT molecular complexity index is 676. The number of carbonyl (C=O) groups excluding carboxylic acids is 1. The van der Waals surface area contributed by atoms with Gasteiger partial charge in [0.15, 0.2) is 0 Å². The lowest BCUT2D eigenvalue weighted by Crippen LogP contribution is -2.27. The van der Waals surface area contributed by atoms with Gasteiger partial charge in [0.25, 0.3) is 5.91 Å². The molecule has 1 N–H and O–H groups in total. The molecule has 21 heavy (non-hydrogen) atoms. The third-order valence-corrected chi connectivity index (χ3v) is 2.88. The van der Waals surface area contributed by atoms with Crippen LogP contribution in [0.2, 0.25) is 0 Å². The van der Waals surface area contributed by atoms with E-state index in [-0.39, 0.29) is 11.6 Å². The quantitative estimate of drug-likeness (QED) is 0.692. The van der Waals surface area contributed by atoms with Crippen molar-refractivity contribution in [1.29, 1.82) is 0 Å². The van der Waals surface area contributed by atoms with Crippen molar-refractivity contribution in [3.63, 3.8) is 0 Å². The number of amides is 1. The van der Waals surface area contributed by atoms with E-state index in [4.69, 9.17) is 0 Å². The predicted molar refractivity (Wildman–Crippen MR) is 73.2 cm³/mol. The maximum atomic E-state index is 13.2. The summed E-state index contributed by atoms with van der Waals surface area (Å²) in [6, 6.07) is 7.92. The first kappa shape index (κ1) is 14.6. The van der Waals surface area contributed by atoms with Crippen LogP contribution in [0.5, 0.6) is 0 Å². The number of nitro benzene ring substituents is 1. The van der Waals surface area contributed by atoms with E-state index in [0.29, 0.717) is 5.69 Å². The second-order valence-electron chi connectivity index (χ2n) is 4.37. The van der Waals surface area contributed by atoms with Crippen LogP contribution in [-0.4, -0.2) is 15.8 Å². The van der Waals surface area contributed by atoms with E-state index in [1.165, 1.54) is 6.07 Å². The zero-order valence-electron chi connectivity index (χ0n) is 11.1. The van der Waals surface area contributed by atoms with E-state index in [2.05, 4.69) is 10.3 Å². The SMILES string of the molecule is CC(NC(=O)c1ccc(F)c([N+](=O)[O-])c1)c1ccccn1. The number of aromatic nitrogens is 1. The molecule has 0 saturated carbocycles. The van der Waals surface area contributed by atoms with Crippen molar-refractivity contribution in [3.05, 3.63) is 69.8 Å². The minimum absolute atomic E-state index is 0.0193. The fourth-order valence-electron chi connectivity index (χ4n) is 1.78. The molecule has 0 bridgehead atoms. The maximum absolute atomic E-state index is 13.2. The number of pyridine rings is 1. The molecule has 0 aliphatic heterocycles. The van der Waals surface area contributed by atoms with E-state index in [1.54, 1.807) is 31.3 Å². The molecule has 2 rings (SSSR count). The van der Waals surface area contributed by atoms with Gasteiger partial charge in [-0.05, 0) is 31.2 Å². The van der Waals surface area contributed by atoms with Crippen LogP contribution >= 0.6 is 0 Å². The Morgan fingerprint density at radius 2 is 2.14 bits per heavy atom. The molecule has 108 valence electrons. The van der Waals surface area contributed by atoms with Crippen LogP contribution in [0.15, 0.2) is 42.6 Å². The van der Waals surface area contributed by atoms with Crippen LogP contribution in [0.4, 0.5) is 10.1 Å². The number of nitro groups is 1. The summed E-state index contributed by atoms with van der Waals surface area (Å²) in [7, 11) is 0. The van der Waals surface area contributed by atoms with Gasteiger partial charge in [-0.2, -0.15) is 4.39 Å². The lowest BCUT2D eigenvalue weighted by atomic mass is 10.1. The number of hydrogen-bond donors (Lipinski definition) is 1. The molecule has 1 atom stereocenters. The lowest BCUT2D eigenvalue weighted by molar-refractivity contribution is -0.387. The highest BCUT2D eigenvalue weighted by Gasteiger charge is 2.19.